The Bertz CT molecular complexity index is 1770. The molecule has 284 valence electrons. The van der Waals surface area contributed by atoms with E-state index in [1.165, 1.54) is 48.5 Å². The number of nitrogens with one attached hydrogen (secondary N) is 3. The minimum atomic E-state index is -5.45. The number of amides is 5. The third-order valence-corrected chi connectivity index (χ3v) is 7.38. The van der Waals surface area contributed by atoms with E-state index in [9.17, 15) is 46.7 Å². The molecule has 0 aromatic heterocycles. The normalized spacial score (nSPS) is 14.0. The molecule has 0 saturated carbocycles. The van der Waals surface area contributed by atoms with Crippen LogP contribution in [0.2, 0.25) is 0 Å². The number of esters is 2. The molecule has 3 rings (SSSR count). The number of benzene rings is 2. The molecule has 1 saturated heterocycles. The third-order valence-electron chi connectivity index (χ3n) is 7.38. The number of ether oxygens (including phenoxy) is 2. The van der Waals surface area contributed by atoms with Gasteiger partial charge in [-0.05, 0) is 61.4 Å². The lowest BCUT2D eigenvalue weighted by molar-refractivity contribution is -0.202. The van der Waals surface area contributed by atoms with Gasteiger partial charge in [-0.25, -0.2) is 24.3 Å². The Labute approximate surface area is 298 Å². The molecule has 19 nitrogen and oxygen atoms in total. The molecular weight excluding hydrogens is 713 g/mol. The Morgan fingerprint density at radius 2 is 1.53 bits per heavy atom. The minimum Gasteiger partial charge on any atom is -0.452 e. The number of nitrogens with two attached hydrogens (primary N) is 3. The largest absolute Gasteiger partial charge is 0.491 e. The van der Waals surface area contributed by atoms with Gasteiger partial charge in [0, 0.05) is 30.8 Å². The number of hydrogen-bond acceptors (Lipinski definition) is 11. The van der Waals surface area contributed by atoms with Gasteiger partial charge in [0.05, 0.1) is 25.0 Å². The summed E-state index contributed by atoms with van der Waals surface area (Å²) in [6.45, 7) is -2.17. The smallest absolute Gasteiger partial charge is 0.452 e. The summed E-state index contributed by atoms with van der Waals surface area (Å²) in [5.74, 6) is -8.03. The van der Waals surface area contributed by atoms with E-state index in [2.05, 4.69) is 25.1 Å². The molecule has 53 heavy (non-hydrogen) atoms. The van der Waals surface area contributed by atoms with Gasteiger partial charge in [-0.2, -0.15) is 13.2 Å². The number of methoxy groups -OCH3 is 1. The molecule has 9 N–H and O–H groups in total. The van der Waals surface area contributed by atoms with Crippen LogP contribution in [0.4, 0.5) is 29.3 Å². The molecule has 1 aliphatic rings. The summed E-state index contributed by atoms with van der Waals surface area (Å²) in [6.07, 6.45) is -6.39. The molecule has 22 heteroatoms. The number of piperazine rings is 1. The summed E-state index contributed by atoms with van der Waals surface area (Å²) >= 11 is 0. The Kier molecular flexibility index (Phi) is 13.8. The zero-order valence-corrected chi connectivity index (χ0v) is 28.0. The number of hydrogen-bond donors (Lipinski definition) is 6. The van der Waals surface area contributed by atoms with Gasteiger partial charge in [0.1, 0.15) is 12.6 Å². The Balaban J connectivity index is 1.68. The van der Waals surface area contributed by atoms with Crippen LogP contribution in [-0.4, -0.2) is 115 Å². The molecule has 0 aliphatic carbocycles. The lowest BCUT2D eigenvalue weighted by Gasteiger charge is -2.40. The maximum atomic E-state index is 13.4. The van der Waals surface area contributed by atoms with Crippen LogP contribution in [0.1, 0.15) is 33.6 Å². The molecule has 2 aromatic rings. The molecule has 5 amide bonds. The molecule has 1 atom stereocenters. The van der Waals surface area contributed by atoms with Crippen LogP contribution in [-0.2, 0) is 28.7 Å². The highest BCUT2D eigenvalue weighted by Gasteiger charge is 2.43. The van der Waals surface area contributed by atoms with Gasteiger partial charge < -0.3 is 47.1 Å². The van der Waals surface area contributed by atoms with E-state index < -0.39 is 72.9 Å². The number of rotatable bonds is 12. The number of carbonyl (C=O) groups is 7. The van der Waals surface area contributed by atoms with Crippen molar-refractivity contribution in [2.45, 2.75) is 25.1 Å². The Morgan fingerprint density at radius 3 is 2.08 bits per heavy atom. The van der Waals surface area contributed by atoms with Gasteiger partial charge in [-0.15, -0.1) is 0 Å². The second kappa shape index (κ2) is 18.0. The highest BCUT2D eigenvalue weighted by molar-refractivity contribution is 6.12. The lowest BCUT2D eigenvalue weighted by atomic mass is 10.0. The fourth-order valence-corrected chi connectivity index (χ4v) is 4.91. The quantitative estimate of drug-likeness (QED) is 0.0535. The first-order valence-electron chi connectivity index (χ1n) is 15.4. The van der Waals surface area contributed by atoms with Gasteiger partial charge in [0.2, 0.25) is 17.8 Å². The maximum absolute atomic E-state index is 13.4. The highest BCUT2D eigenvalue weighted by atomic mass is 19.4. The second-order valence-corrected chi connectivity index (χ2v) is 11.0. The van der Waals surface area contributed by atoms with Crippen LogP contribution in [0.25, 0.3) is 0 Å². The van der Waals surface area contributed by atoms with Crippen molar-refractivity contribution in [3.8, 4) is 0 Å². The topological polar surface area (TPSA) is 286 Å². The Hall–Kier alpha value is -6.74. The van der Waals surface area contributed by atoms with Crippen molar-refractivity contribution in [2.75, 3.05) is 44.7 Å². The number of alkyl halides is 3. The minimum absolute atomic E-state index is 0.00614. The van der Waals surface area contributed by atoms with Crippen LogP contribution in [0.5, 0.6) is 0 Å². The Morgan fingerprint density at radius 1 is 0.943 bits per heavy atom. The van der Waals surface area contributed by atoms with Crippen molar-refractivity contribution in [3.63, 3.8) is 0 Å². The standard InChI is InChI=1S/C31H35F3N10O9/c1-52-30(51)44(29(37)38)20-10-6-18(7-11-20)25(48)40-15-22(45)43-14-13-42(16-23(46)53-27(50)31(32,33)34)26(49)21(43)3-2-12-39-24(47)17-4-8-19(9-5-17)41-28(35)36/h4-11,21H,2-3,12-16H2,1H3,(H3,37,38)(H,39,47)(H,40,48)(H4,35,36,41). The number of aliphatic imine (C=N–C) groups is 1. The molecule has 0 radical (unpaired) electrons. The zero-order chi connectivity index (χ0) is 39.5. The fourth-order valence-electron chi connectivity index (χ4n) is 4.91. The van der Waals surface area contributed by atoms with Gasteiger partial charge in [-0.3, -0.25) is 24.6 Å². The van der Waals surface area contributed by atoms with Crippen LogP contribution in [0.15, 0.2) is 53.5 Å². The predicted octanol–water partition coefficient (Wildman–Crippen LogP) is -0.331. The van der Waals surface area contributed by atoms with Gasteiger partial charge in [0.15, 0.2) is 5.96 Å². The van der Waals surface area contributed by atoms with Crippen molar-refractivity contribution >= 4 is 65.0 Å². The average Bonchev–Trinajstić information content (AvgIpc) is 3.09. The molecule has 1 fully saturated rings. The van der Waals surface area contributed by atoms with Crippen molar-refractivity contribution in [2.24, 2.45) is 22.2 Å². The third kappa shape index (κ3) is 11.4. The van der Waals surface area contributed by atoms with E-state index >= 15 is 0 Å². The molecule has 0 spiro atoms. The molecular formula is C31H35F3N10O9. The van der Waals surface area contributed by atoms with E-state index in [-0.39, 0.29) is 55.2 Å². The van der Waals surface area contributed by atoms with Crippen LogP contribution in [0.3, 0.4) is 0 Å². The molecule has 1 unspecified atom stereocenters. The van der Waals surface area contributed by atoms with E-state index in [0.717, 1.165) is 21.8 Å². The van der Waals surface area contributed by atoms with Crippen LogP contribution >= 0.6 is 0 Å². The maximum Gasteiger partial charge on any atom is 0.491 e. The molecule has 1 heterocycles. The SMILES string of the molecule is COC(=O)N(C(=N)N)c1ccc(C(=O)NCC(=O)N2CCN(CC(=O)OC(=O)C(F)(F)F)C(=O)C2CCCNC(=O)c2ccc(N=C(N)N)cc2)cc1. The van der Waals surface area contributed by atoms with E-state index in [1.54, 1.807) is 0 Å². The monoisotopic (exact) mass is 748 g/mol. The number of nitrogens with zero attached hydrogens (tertiary/aromatic N) is 4. The van der Waals surface area contributed by atoms with Crippen molar-refractivity contribution in [1.82, 2.24) is 20.4 Å². The second-order valence-electron chi connectivity index (χ2n) is 11.0. The van der Waals surface area contributed by atoms with E-state index in [4.69, 9.17) is 22.6 Å². The molecule has 2 aromatic carbocycles. The predicted molar refractivity (Wildman–Crippen MR) is 178 cm³/mol. The summed E-state index contributed by atoms with van der Waals surface area (Å²) in [7, 11) is 1.08. The lowest BCUT2D eigenvalue weighted by Crippen LogP contribution is -2.61. The average molecular weight is 749 g/mol. The van der Waals surface area contributed by atoms with Crippen LogP contribution < -0.4 is 32.7 Å². The van der Waals surface area contributed by atoms with Crippen molar-refractivity contribution in [3.05, 3.63) is 59.7 Å². The van der Waals surface area contributed by atoms with E-state index in [1.807, 2.05) is 0 Å². The number of anilines is 1. The molecule has 0 bridgehead atoms. The summed E-state index contributed by atoms with van der Waals surface area (Å²) in [5.41, 5.74) is 16.9. The van der Waals surface area contributed by atoms with Crippen molar-refractivity contribution < 1.29 is 56.2 Å². The number of halogens is 3. The summed E-state index contributed by atoms with van der Waals surface area (Å²) in [5, 5.41) is 12.6. The summed E-state index contributed by atoms with van der Waals surface area (Å²) < 4.78 is 46.1. The van der Waals surface area contributed by atoms with Crippen molar-refractivity contribution in [1.29, 1.82) is 5.41 Å². The summed E-state index contributed by atoms with van der Waals surface area (Å²) in [6, 6.07) is 9.83. The fraction of sp³-hybridized carbons (Fsp3) is 0.323. The highest BCUT2D eigenvalue weighted by Crippen LogP contribution is 2.20. The summed E-state index contributed by atoms with van der Waals surface area (Å²) in [4.78, 5) is 93.8. The molecule has 1 aliphatic heterocycles. The van der Waals surface area contributed by atoms with Gasteiger partial charge in [0.25, 0.3) is 11.8 Å². The number of guanidine groups is 2. The first-order valence-corrected chi connectivity index (χ1v) is 15.4. The number of carbonyl (C=O) groups excluding carboxylic acids is 7. The van der Waals surface area contributed by atoms with Gasteiger partial charge >= 0.3 is 24.2 Å². The van der Waals surface area contributed by atoms with Crippen LogP contribution in [0, 0.1) is 5.41 Å². The first-order chi connectivity index (χ1) is 24.9. The van der Waals surface area contributed by atoms with Gasteiger partial charge in [-0.1, -0.05) is 0 Å². The zero-order valence-electron chi connectivity index (χ0n) is 28.0. The first kappa shape index (κ1) is 40.7. The van der Waals surface area contributed by atoms with E-state index in [0.29, 0.717) is 5.69 Å².